The fourth-order valence-electron chi connectivity index (χ4n) is 1.64. The lowest BCUT2D eigenvalue weighted by molar-refractivity contribution is -0.134. The highest BCUT2D eigenvalue weighted by Gasteiger charge is 2.18. The first-order valence-electron chi connectivity index (χ1n) is 6.61. The van der Waals surface area contributed by atoms with Crippen molar-refractivity contribution in [1.82, 2.24) is 9.80 Å². The smallest absolute Gasteiger partial charge is 0.223 e. The highest BCUT2D eigenvalue weighted by Crippen LogP contribution is 2.04. The zero-order valence-electron chi connectivity index (χ0n) is 11.7. The average Bonchev–Trinajstić information content (AvgIpc) is 2.38. The fourth-order valence-corrected chi connectivity index (χ4v) is 1.64. The summed E-state index contributed by atoms with van der Waals surface area (Å²) in [6, 6.07) is 0. The number of hydrogen-bond acceptors (Lipinski definition) is 3. The van der Waals surface area contributed by atoms with Gasteiger partial charge in [0.05, 0.1) is 0 Å². The van der Waals surface area contributed by atoms with E-state index < -0.39 is 0 Å². The van der Waals surface area contributed by atoms with Crippen LogP contribution in [0.15, 0.2) is 0 Å². The molecule has 0 unspecified atom stereocenters. The number of Topliss-reactive ketones (excluding diaryl/α,β-unsaturated/α-hetero) is 1. The summed E-state index contributed by atoms with van der Waals surface area (Å²) in [6.07, 6.45) is 1.33. The SMILES string of the molecule is CC.CCC(=O)CCC(=O)N1CCN(C)CC1. The Hall–Kier alpha value is -0.900. The van der Waals surface area contributed by atoms with Crippen LogP contribution in [0.25, 0.3) is 0 Å². The van der Waals surface area contributed by atoms with E-state index in [9.17, 15) is 9.59 Å². The van der Waals surface area contributed by atoms with Crippen molar-refractivity contribution in [1.29, 1.82) is 0 Å². The predicted molar refractivity (Wildman–Crippen MR) is 70.0 cm³/mol. The van der Waals surface area contributed by atoms with Gasteiger partial charge in [-0.25, -0.2) is 0 Å². The van der Waals surface area contributed by atoms with Gasteiger partial charge in [-0.15, -0.1) is 0 Å². The second kappa shape index (κ2) is 9.16. The Morgan fingerprint density at radius 1 is 1.00 bits per heavy atom. The quantitative estimate of drug-likeness (QED) is 0.751. The van der Waals surface area contributed by atoms with Crippen molar-refractivity contribution < 1.29 is 9.59 Å². The Morgan fingerprint density at radius 3 is 2.00 bits per heavy atom. The van der Waals surface area contributed by atoms with Gasteiger partial charge in [0, 0.05) is 45.4 Å². The molecule has 100 valence electrons. The monoisotopic (exact) mass is 242 g/mol. The third-order valence-electron chi connectivity index (χ3n) is 2.87. The third kappa shape index (κ3) is 6.41. The molecule has 17 heavy (non-hydrogen) atoms. The first kappa shape index (κ1) is 16.1. The summed E-state index contributed by atoms with van der Waals surface area (Å²) in [4.78, 5) is 26.8. The zero-order valence-corrected chi connectivity index (χ0v) is 11.7. The molecule has 1 amide bonds. The van der Waals surface area contributed by atoms with Gasteiger partial charge in [0.25, 0.3) is 0 Å². The minimum atomic E-state index is 0.130. The molecule has 1 aliphatic rings. The summed E-state index contributed by atoms with van der Waals surface area (Å²) in [7, 11) is 2.06. The van der Waals surface area contributed by atoms with Gasteiger partial charge in [0.15, 0.2) is 0 Å². The van der Waals surface area contributed by atoms with E-state index in [1.54, 1.807) is 0 Å². The molecule has 0 bridgehead atoms. The van der Waals surface area contributed by atoms with Crippen molar-refractivity contribution in [3.63, 3.8) is 0 Å². The predicted octanol–water partition coefficient (Wildman–Crippen LogP) is 1.55. The molecule has 0 aromatic rings. The van der Waals surface area contributed by atoms with E-state index in [1.807, 2.05) is 25.7 Å². The van der Waals surface area contributed by atoms with Crippen molar-refractivity contribution in [2.75, 3.05) is 33.2 Å². The summed E-state index contributed by atoms with van der Waals surface area (Å²) in [5, 5.41) is 0. The molecule has 4 nitrogen and oxygen atoms in total. The summed E-state index contributed by atoms with van der Waals surface area (Å²) in [5.41, 5.74) is 0. The molecule has 0 radical (unpaired) electrons. The van der Waals surface area contributed by atoms with Gasteiger partial charge in [0.2, 0.25) is 5.91 Å². The first-order valence-corrected chi connectivity index (χ1v) is 6.61. The molecule has 0 aromatic heterocycles. The van der Waals surface area contributed by atoms with E-state index in [0.717, 1.165) is 26.2 Å². The van der Waals surface area contributed by atoms with Crippen molar-refractivity contribution in [3.8, 4) is 0 Å². The molecule has 1 rings (SSSR count). The number of likely N-dealkylation sites (N-methyl/N-ethyl adjacent to an activating group) is 1. The summed E-state index contributed by atoms with van der Waals surface area (Å²) < 4.78 is 0. The lowest BCUT2D eigenvalue weighted by Gasteiger charge is -2.32. The van der Waals surface area contributed by atoms with Crippen LogP contribution in [-0.2, 0) is 9.59 Å². The van der Waals surface area contributed by atoms with Crippen LogP contribution in [0.4, 0.5) is 0 Å². The van der Waals surface area contributed by atoms with E-state index in [2.05, 4.69) is 11.9 Å². The maximum absolute atomic E-state index is 11.7. The van der Waals surface area contributed by atoms with E-state index in [4.69, 9.17) is 0 Å². The second-order valence-corrected chi connectivity index (χ2v) is 4.08. The number of nitrogens with zero attached hydrogens (tertiary/aromatic N) is 2. The minimum Gasteiger partial charge on any atom is -0.340 e. The van der Waals surface area contributed by atoms with Gasteiger partial charge >= 0.3 is 0 Å². The topological polar surface area (TPSA) is 40.6 Å². The van der Waals surface area contributed by atoms with E-state index in [-0.39, 0.29) is 11.7 Å². The summed E-state index contributed by atoms with van der Waals surface area (Å²) >= 11 is 0. The number of rotatable bonds is 4. The van der Waals surface area contributed by atoms with Crippen LogP contribution in [0.3, 0.4) is 0 Å². The fraction of sp³-hybridized carbons (Fsp3) is 0.846. The van der Waals surface area contributed by atoms with Crippen molar-refractivity contribution >= 4 is 11.7 Å². The lowest BCUT2D eigenvalue weighted by atomic mass is 10.1. The molecular formula is C13H26N2O2. The second-order valence-electron chi connectivity index (χ2n) is 4.08. The number of hydrogen-bond donors (Lipinski definition) is 0. The number of piperazine rings is 1. The normalized spacial score (nSPS) is 16.1. The Morgan fingerprint density at radius 2 is 1.53 bits per heavy atom. The summed E-state index contributed by atoms with van der Waals surface area (Å²) in [6.45, 7) is 9.31. The summed E-state index contributed by atoms with van der Waals surface area (Å²) in [5.74, 6) is 0.308. The van der Waals surface area contributed by atoms with Crippen molar-refractivity contribution in [3.05, 3.63) is 0 Å². The van der Waals surface area contributed by atoms with Crippen LogP contribution in [0, 0.1) is 0 Å². The highest BCUT2D eigenvalue weighted by atomic mass is 16.2. The van der Waals surface area contributed by atoms with Crippen LogP contribution in [0.2, 0.25) is 0 Å². The molecule has 1 heterocycles. The largest absolute Gasteiger partial charge is 0.340 e. The Kier molecular flexibility index (Phi) is 8.68. The standard InChI is InChI=1S/C11H20N2O2.C2H6/c1-3-10(14)4-5-11(15)13-8-6-12(2)7-9-13;1-2/h3-9H2,1-2H3;1-2H3. The number of amides is 1. The van der Waals surface area contributed by atoms with Gasteiger partial charge in [-0.3, -0.25) is 9.59 Å². The molecule has 0 aromatic carbocycles. The zero-order chi connectivity index (χ0) is 13.3. The maximum atomic E-state index is 11.7. The van der Waals surface area contributed by atoms with Crippen LogP contribution >= 0.6 is 0 Å². The molecule has 0 aliphatic carbocycles. The third-order valence-corrected chi connectivity index (χ3v) is 2.87. The van der Waals surface area contributed by atoms with E-state index >= 15 is 0 Å². The maximum Gasteiger partial charge on any atom is 0.223 e. The van der Waals surface area contributed by atoms with Crippen LogP contribution < -0.4 is 0 Å². The number of carbonyl (C=O) groups is 2. The number of carbonyl (C=O) groups excluding carboxylic acids is 2. The Balaban J connectivity index is 0.00000121. The molecule has 1 fully saturated rings. The van der Waals surface area contributed by atoms with Gasteiger partial charge in [-0.05, 0) is 7.05 Å². The van der Waals surface area contributed by atoms with Crippen LogP contribution in [0.5, 0.6) is 0 Å². The van der Waals surface area contributed by atoms with Gasteiger partial charge in [0.1, 0.15) is 5.78 Å². The molecule has 0 spiro atoms. The average molecular weight is 242 g/mol. The van der Waals surface area contributed by atoms with Crippen LogP contribution in [-0.4, -0.2) is 54.7 Å². The van der Waals surface area contributed by atoms with Gasteiger partial charge in [-0.2, -0.15) is 0 Å². The number of ketones is 1. The van der Waals surface area contributed by atoms with Crippen LogP contribution in [0.1, 0.15) is 40.0 Å². The van der Waals surface area contributed by atoms with Crippen molar-refractivity contribution in [2.24, 2.45) is 0 Å². The molecule has 4 heteroatoms. The molecule has 0 saturated carbocycles. The van der Waals surface area contributed by atoms with E-state index in [1.165, 1.54) is 0 Å². The Labute approximate surface area is 105 Å². The minimum absolute atomic E-state index is 0.130. The van der Waals surface area contributed by atoms with Gasteiger partial charge < -0.3 is 9.80 Å². The molecule has 1 aliphatic heterocycles. The molecule has 1 saturated heterocycles. The van der Waals surface area contributed by atoms with Crippen molar-refractivity contribution in [2.45, 2.75) is 40.0 Å². The molecular weight excluding hydrogens is 216 g/mol. The molecule has 0 atom stereocenters. The Bertz CT molecular complexity index is 234. The highest BCUT2D eigenvalue weighted by molar-refractivity contribution is 5.84. The molecule has 0 N–H and O–H groups in total. The van der Waals surface area contributed by atoms with Gasteiger partial charge in [-0.1, -0.05) is 20.8 Å². The lowest BCUT2D eigenvalue weighted by Crippen LogP contribution is -2.47. The first-order chi connectivity index (χ1) is 8.13. The van der Waals surface area contributed by atoms with E-state index in [0.29, 0.717) is 19.3 Å².